The van der Waals surface area contributed by atoms with Crippen molar-refractivity contribution in [3.05, 3.63) is 94.7 Å². The molecule has 164 valence electrons. The maximum Gasteiger partial charge on any atom is 0.227 e. The number of nitrogens with one attached hydrogen (secondary N) is 1. The molecule has 0 spiro atoms. The Morgan fingerprint density at radius 1 is 1.03 bits per heavy atom. The Balaban J connectivity index is 1.43. The van der Waals surface area contributed by atoms with Crippen molar-refractivity contribution in [1.82, 2.24) is 14.9 Å². The zero-order valence-electron chi connectivity index (χ0n) is 17.4. The molecule has 1 aromatic heterocycles. The van der Waals surface area contributed by atoms with E-state index in [4.69, 9.17) is 4.74 Å². The van der Waals surface area contributed by atoms with Crippen LogP contribution in [0, 0.1) is 0 Å². The molecule has 0 bridgehead atoms. The molecule has 0 radical (unpaired) electrons. The van der Waals surface area contributed by atoms with Crippen LogP contribution in [0.5, 0.6) is 5.75 Å². The number of amides is 1. The molecule has 0 aliphatic heterocycles. The molecule has 32 heavy (non-hydrogen) atoms. The van der Waals surface area contributed by atoms with Gasteiger partial charge in [0.1, 0.15) is 24.3 Å². The third-order valence-electron chi connectivity index (χ3n) is 5.03. The molecule has 4 rings (SSSR count). The molecule has 1 amide bonds. The Bertz CT molecular complexity index is 1180. The topological polar surface area (TPSA) is 76.4 Å². The van der Waals surface area contributed by atoms with E-state index in [1.807, 2.05) is 83.4 Å². The number of halogens is 1. The highest BCUT2D eigenvalue weighted by Crippen LogP contribution is 2.19. The third-order valence-corrected chi connectivity index (χ3v) is 5.56. The molecule has 0 fully saturated rings. The number of fused-ring (bicyclic) bond motifs is 1. The number of benzene rings is 3. The lowest BCUT2D eigenvalue weighted by atomic mass is 10.2. The first-order chi connectivity index (χ1) is 15.6. The van der Waals surface area contributed by atoms with Crippen LogP contribution in [0.2, 0.25) is 0 Å². The monoisotopic (exact) mass is 493 g/mol. The Kier molecular flexibility index (Phi) is 7.19. The highest BCUT2D eigenvalue weighted by Gasteiger charge is 2.17. The largest absolute Gasteiger partial charge is 0.491 e. The second-order valence-corrected chi connectivity index (χ2v) is 8.40. The molecule has 1 heterocycles. The van der Waals surface area contributed by atoms with E-state index < -0.39 is 6.10 Å². The number of hydrogen-bond acceptors (Lipinski definition) is 4. The number of imidazole rings is 1. The van der Waals surface area contributed by atoms with Crippen molar-refractivity contribution in [2.24, 2.45) is 0 Å². The molecule has 3 aromatic carbocycles. The van der Waals surface area contributed by atoms with Gasteiger partial charge in [-0.3, -0.25) is 4.79 Å². The van der Waals surface area contributed by atoms with Gasteiger partial charge in [-0.05, 0) is 42.0 Å². The molecule has 0 aliphatic carbocycles. The zero-order chi connectivity index (χ0) is 22.3. The van der Waals surface area contributed by atoms with Crippen molar-refractivity contribution in [3.8, 4) is 5.75 Å². The van der Waals surface area contributed by atoms with E-state index in [1.54, 1.807) is 0 Å². The van der Waals surface area contributed by atoms with E-state index in [9.17, 15) is 9.90 Å². The van der Waals surface area contributed by atoms with Gasteiger partial charge in [-0.1, -0.05) is 58.4 Å². The van der Waals surface area contributed by atoms with E-state index in [-0.39, 0.29) is 25.5 Å². The van der Waals surface area contributed by atoms with Crippen LogP contribution in [0.1, 0.15) is 11.4 Å². The van der Waals surface area contributed by atoms with Crippen molar-refractivity contribution in [2.45, 2.75) is 25.6 Å². The van der Waals surface area contributed by atoms with E-state index in [0.717, 1.165) is 21.1 Å². The van der Waals surface area contributed by atoms with Gasteiger partial charge in [-0.15, -0.1) is 0 Å². The SMILES string of the molecule is O=C(Cc1nc2ccccc2n1C[C@H](O)COc1ccc(Br)cc1)NCc1ccccc1. The molecular formula is C25H24BrN3O3. The van der Waals surface area contributed by atoms with Crippen LogP contribution < -0.4 is 10.1 Å². The quantitative estimate of drug-likeness (QED) is 0.368. The number of aliphatic hydroxyl groups is 1. The summed E-state index contributed by atoms with van der Waals surface area (Å²) in [6.45, 7) is 0.871. The predicted molar refractivity (Wildman–Crippen MR) is 127 cm³/mol. The summed E-state index contributed by atoms with van der Waals surface area (Å²) in [5, 5.41) is 13.6. The maximum atomic E-state index is 12.6. The maximum absolute atomic E-state index is 12.6. The lowest BCUT2D eigenvalue weighted by Crippen LogP contribution is -2.28. The van der Waals surface area contributed by atoms with E-state index in [1.165, 1.54) is 0 Å². The van der Waals surface area contributed by atoms with Crippen LogP contribution in [0.4, 0.5) is 0 Å². The number of hydrogen-bond donors (Lipinski definition) is 2. The summed E-state index contributed by atoms with van der Waals surface area (Å²) in [6, 6.07) is 24.9. The molecule has 0 saturated carbocycles. The van der Waals surface area contributed by atoms with Gasteiger partial charge in [0, 0.05) is 11.0 Å². The zero-order valence-corrected chi connectivity index (χ0v) is 19.0. The first-order valence-electron chi connectivity index (χ1n) is 10.4. The fourth-order valence-corrected chi connectivity index (χ4v) is 3.72. The number of para-hydroxylation sites is 2. The van der Waals surface area contributed by atoms with Crippen LogP contribution in [0.25, 0.3) is 11.0 Å². The summed E-state index contributed by atoms with van der Waals surface area (Å²) >= 11 is 3.39. The van der Waals surface area contributed by atoms with Crippen molar-refractivity contribution in [2.75, 3.05) is 6.61 Å². The summed E-state index contributed by atoms with van der Waals surface area (Å²) < 4.78 is 8.57. The number of aromatic nitrogens is 2. The highest BCUT2D eigenvalue weighted by atomic mass is 79.9. The van der Waals surface area contributed by atoms with Gasteiger partial charge in [0.05, 0.1) is 24.0 Å². The number of ether oxygens (including phenoxy) is 1. The summed E-state index contributed by atoms with van der Waals surface area (Å²) in [6.07, 6.45) is -0.635. The molecule has 0 aliphatic rings. The fraction of sp³-hybridized carbons (Fsp3) is 0.200. The number of aliphatic hydroxyl groups excluding tert-OH is 1. The van der Waals surface area contributed by atoms with Crippen LogP contribution in [-0.4, -0.2) is 33.3 Å². The number of rotatable bonds is 9. The van der Waals surface area contributed by atoms with Crippen molar-refractivity contribution in [3.63, 3.8) is 0 Å². The lowest BCUT2D eigenvalue weighted by molar-refractivity contribution is -0.120. The minimum absolute atomic E-state index is 0.119. The summed E-state index contributed by atoms with van der Waals surface area (Å²) in [5.74, 6) is 1.17. The van der Waals surface area contributed by atoms with Crippen molar-refractivity contribution >= 4 is 32.9 Å². The molecule has 2 N–H and O–H groups in total. The minimum Gasteiger partial charge on any atom is -0.491 e. The summed E-state index contributed by atoms with van der Waals surface area (Å²) in [5.41, 5.74) is 2.70. The third kappa shape index (κ3) is 5.75. The van der Waals surface area contributed by atoms with Gasteiger partial charge in [0.25, 0.3) is 0 Å². The fourth-order valence-electron chi connectivity index (χ4n) is 3.45. The predicted octanol–water partition coefficient (Wildman–Crippen LogP) is 4.10. The smallest absolute Gasteiger partial charge is 0.227 e. The van der Waals surface area contributed by atoms with Gasteiger partial charge in [0.15, 0.2) is 0 Å². The first kappa shape index (κ1) is 22.0. The van der Waals surface area contributed by atoms with E-state index >= 15 is 0 Å². The van der Waals surface area contributed by atoms with Gasteiger partial charge in [0.2, 0.25) is 5.91 Å². The number of nitrogens with zero attached hydrogens (tertiary/aromatic N) is 2. The molecule has 6 nitrogen and oxygen atoms in total. The molecule has 1 atom stereocenters. The van der Waals surface area contributed by atoms with Crippen LogP contribution in [0.3, 0.4) is 0 Å². The second kappa shape index (κ2) is 10.4. The van der Waals surface area contributed by atoms with Crippen LogP contribution in [0.15, 0.2) is 83.3 Å². The Morgan fingerprint density at radius 3 is 2.53 bits per heavy atom. The molecule has 0 saturated heterocycles. The van der Waals surface area contributed by atoms with Crippen molar-refractivity contribution in [1.29, 1.82) is 0 Å². The molecular weight excluding hydrogens is 470 g/mol. The molecule has 7 heteroatoms. The van der Waals surface area contributed by atoms with E-state index in [2.05, 4.69) is 26.2 Å². The second-order valence-electron chi connectivity index (χ2n) is 7.49. The Hall–Kier alpha value is -3.16. The van der Waals surface area contributed by atoms with Crippen LogP contribution >= 0.6 is 15.9 Å². The van der Waals surface area contributed by atoms with Gasteiger partial charge >= 0.3 is 0 Å². The number of carbonyl (C=O) groups is 1. The standard InChI is InChI=1S/C25H24BrN3O3/c26-19-10-12-21(13-11-19)32-17-20(30)16-29-23-9-5-4-8-22(23)28-24(29)14-25(31)27-15-18-6-2-1-3-7-18/h1-13,20,30H,14-17H2,(H,27,31)/t20-/m0/s1. The average Bonchev–Trinajstić information content (AvgIpc) is 3.15. The lowest BCUT2D eigenvalue weighted by Gasteiger charge is -2.16. The van der Waals surface area contributed by atoms with E-state index in [0.29, 0.717) is 18.1 Å². The van der Waals surface area contributed by atoms with Crippen LogP contribution in [-0.2, 0) is 24.3 Å². The molecule has 0 unspecified atom stereocenters. The highest BCUT2D eigenvalue weighted by molar-refractivity contribution is 9.10. The number of carbonyl (C=O) groups excluding carboxylic acids is 1. The van der Waals surface area contributed by atoms with Gasteiger partial charge in [-0.25, -0.2) is 4.98 Å². The normalized spacial score (nSPS) is 11.9. The van der Waals surface area contributed by atoms with Crippen molar-refractivity contribution < 1.29 is 14.6 Å². The first-order valence-corrected chi connectivity index (χ1v) is 11.2. The summed E-state index contributed by atoms with van der Waals surface area (Å²) in [7, 11) is 0. The molecule has 4 aromatic rings. The Morgan fingerprint density at radius 2 is 1.75 bits per heavy atom. The summed E-state index contributed by atoms with van der Waals surface area (Å²) in [4.78, 5) is 17.2. The minimum atomic E-state index is -0.762. The average molecular weight is 494 g/mol. The van der Waals surface area contributed by atoms with Gasteiger partial charge < -0.3 is 19.7 Å². The Labute approximate surface area is 195 Å². The van der Waals surface area contributed by atoms with Gasteiger partial charge in [-0.2, -0.15) is 0 Å².